The lowest BCUT2D eigenvalue weighted by atomic mass is 9.95. The standard InChI is InChI=1S/C26H30N4O3/c1-15(2)24-19-12-17(26-30-29-23(33-26)14-18-6-5-11-27-18)7-9-20(19)28-25(24)16-8-10-21(31-3)22(13-16)32-4/h7-10,12-13,15,18,27-28H,5-6,11,14H2,1-4H3/t18-/m0/s1. The van der Waals surface area contributed by atoms with Crippen molar-refractivity contribution in [3.63, 3.8) is 0 Å². The summed E-state index contributed by atoms with van der Waals surface area (Å²) in [4.78, 5) is 3.61. The molecule has 0 unspecified atom stereocenters. The molecule has 2 aromatic carbocycles. The molecule has 0 bridgehead atoms. The lowest BCUT2D eigenvalue weighted by Crippen LogP contribution is -2.23. The summed E-state index contributed by atoms with van der Waals surface area (Å²) < 4.78 is 17.0. The van der Waals surface area contributed by atoms with E-state index in [1.165, 1.54) is 12.0 Å². The zero-order valence-corrected chi connectivity index (χ0v) is 19.6. The second-order valence-electron chi connectivity index (χ2n) is 8.90. The number of methoxy groups -OCH3 is 2. The molecule has 1 fully saturated rings. The number of aromatic amines is 1. The van der Waals surface area contributed by atoms with Crippen molar-refractivity contribution < 1.29 is 13.9 Å². The van der Waals surface area contributed by atoms with Gasteiger partial charge >= 0.3 is 0 Å². The van der Waals surface area contributed by atoms with E-state index in [0.717, 1.165) is 47.1 Å². The van der Waals surface area contributed by atoms with Gasteiger partial charge in [0.15, 0.2) is 11.5 Å². The third-order valence-corrected chi connectivity index (χ3v) is 6.39. The summed E-state index contributed by atoms with van der Waals surface area (Å²) in [7, 11) is 3.30. The molecule has 0 saturated carbocycles. The molecule has 33 heavy (non-hydrogen) atoms. The number of hydrogen-bond acceptors (Lipinski definition) is 6. The normalized spacial score (nSPS) is 16.1. The van der Waals surface area contributed by atoms with E-state index in [0.29, 0.717) is 35.2 Å². The van der Waals surface area contributed by atoms with Crippen molar-refractivity contribution in [2.24, 2.45) is 0 Å². The van der Waals surface area contributed by atoms with E-state index in [1.807, 2.05) is 18.2 Å². The number of hydrogen-bond donors (Lipinski definition) is 2. The van der Waals surface area contributed by atoms with Crippen LogP contribution in [0, 0.1) is 0 Å². The minimum atomic E-state index is 0.309. The molecule has 0 aliphatic carbocycles. The van der Waals surface area contributed by atoms with Crippen LogP contribution in [0.4, 0.5) is 0 Å². The van der Waals surface area contributed by atoms with E-state index in [2.05, 4.69) is 52.5 Å². The van der Waals surface area contributed by atoms with E-state index in [4.69, 9.17) is 13.9 Å². The van der Waals surface area contributed by atoms with Crippen molar-refractivity contribution >= 4 is 10.9 Å². The zero-order valence-electron chi connectivity index (χ0n) is 19.6. The van der Waals surface area contributed by atoms with E-state index in [9.17, 15) is 0 Å². The second kappa shape index (κ2) is 8.90. The molecule has 7 nitrogen and oxygen atoms in total. The fourth-order valence-electron chi connectivity index (χ4n) is 4.76. The molecule has 3 heterocycles. The van der Waals surface area contributed by atoms with Crippen LogP contribution in [0.2, 0.25) is 0 Å². The molecule has 1 aliphatic heterocycles. The van der Waals surface area contributed by atoms with Gasteiger partial charge in [-0.1, -0.05) is 13.8 Å². The highest BCUT2D eigenvalue weighted by Crippen LogP contribution is 2.40. The molecule has 0 amide bonds. The maximum absolute atomic E-state index is 6.03. The van der Waals surface area contributed by atoms with Crippen LogP contribution in [-0.2, 0) is 6.42 Å². The summed E-state index contributed by atoms with van der Waals surface area (Å²) in [6.45, 7) is 5.48. The Morgan fingerprint density at radius 1 is 1.03 bits per heavy atom. The van der Waals surface area contributed by atoms with E-state index in [1.54, 1.807) is 14.2 Å². The molecule has 1 aliphatic rings. The summed E-state index contributed by atoms with van der Waals surface area (Å²) in [6.07, 6.45) is 3.14. The van der Waals surface area contributed by atoms with Gasteiger partial charge in [0, 0.05) is 34.5 Å². The molecule has 0 radical (unpaired) electrons. The Morgan fingerprint density at radius 2 is 1.85 bits per heavy atom. The number of fused-ring (bicyclic) bond motifs is 1. The van der Waals surface area contributed by atoms with Gasteiger partial charge in [0.2, 0.25) is 11.8 Å². The van der Waals surface area contributed by atoms with Crippen LogP contribution in [0.3, 0.4) is 0 Å². The highest BCUT2D eigenvalue weighted by Gasteiger charge is 2.21. The summed E-state index contributed by atoms with van der Waals surface area (Å²) in [5.41, 5.74) is 5.38. The van der Waals surface area contributed by atoms with E-state index in [-0.39, 0.29) is 0 Å². The largest absolute Gasteiger partial charge is 0.493 e. The van der Waals surface area contributed by atoms with Crippen LogP contribution >= 0.6 is 0 Å². The third kappa shape index (κ3) is 4.09. The van der Waals surface area contributed by atoms with Gasteiger partial charge in [-0.2, -0.15) is 0 Å². The van der Waals surface area contributed by atoms with Gasteiger partial charge in [-0.3, -0.25) is 0 Å². The van der Waals surface area contributed by atoms with Crippen molar-refractivity contribution in [2.75, 3.05) is 20.8 Å². The van der Waals surface area contributed by atoms with Crippen molar-refractivity contribution in [1.29, 1.82) is 0 Å². The Balaban J connectivity index is 1.53. The van der Waals surface area contributed by atoms with Crippen LogP contribution in [-0.4, -0.2) is 42.0 Å². The molecular weight excluding hydrogens is 416 g/mol. The maximum Gasteiger partial charge on any atom is 0.247 e. The van der Waals surface area contributed by atoms with E-state index < -0.39 is 0 Å². The number of benzene rings is 2. The van der Waals surface area contributed by atoms with Crippen LogP contribution in [0.15, 0.2) is 40.8 Å². The number of rotatable bonds is 7. The average Bonchev–Trinajstić information content (AvgIpc) is 3.58. The molecule has 2 aromatic heterocycles. The SMILES string of the molecule is COc1ccc(-c2[nH]c3ccc(-c4nnc(C[C@@H]5CCCN5)o4)cc3c2C(C)C)cc1OC. The molecule has 5 rings (SSSR count). The first-order chi connectivity index (χ1) is 16.1. The van der Waals surface area contributed by atoms with Crippen molar-refractivity contribution in [3.05, 3.63) is 47.9 Å². The first kappa shape index (κ1) is 21.5. The fourth-order valence-corrected chi connectivity index (χ4v) is 4.76. The second-order valence-corrected chi connectivity index (χ2v) is 8.90. The molecule has 172 valence electrons. The molecule has 2 N–H and O–H groups in total. The van der Waals surface area contributed by atoms with Crippen LogP contribution in [0.25, 0.3) is 33.6 Å². The van der Waals surface area contributed by atoms with Crippen molar-refractivity contribution in [2.45, 2.75) is 45.1 Å². The van der Waals surface area contributed by atoms with Gasteiger partial charge in [0.1, 0.15) is 0 Å². The van der Waals surface area contributed by atoms with Crippen LogP contribution in [0.5, 0.6) is 11.5 Å². The highest BCUT2D eigenvalue weighted by atomic mass is 16.5. The third-order valence-electron chi connectivity index (χ3n) is 6.39. The zero-order chi connectivity index (χ0) is 22.9. The number of nitrogens with one attached hydrogen (secondary N) is 2. The Labute approximate surface area is 193 Å². The van der Waals surface area contributed by atoms with E-state index >= 15 is 0 Å². The van der Waals surface area contributed by atoms with Crippen LogP contribution in [0.1, 0.15) is 44.1 Å². The summed E-state index contributed by atoms with van der Waals surface area (Å²) >= 11 is 0. The monoisotopic (exact) mass is 446 g/mol. The topological polar surface area (TPSA) is 85.2 Å². The number of nitrogens with zero attached hydrogens (tertiary/aromatic N) is 2. The quantitative estimate of drug-likeness (QED) is 0.400. The van der Waals surface area contributed by atoms with Crippen LogP contribution < -0.4 is 14.8 Å². The van der Waals surface area contributed by atoms with Gasteiger partial charge in [-0.05, 0) is 67.3 Å². The molecular formula is C26H30N4O3. The summed E-state index contributed by atoms with van der Waals surface area (Å²) in [6, 6.07) is 12.7. The minimum absolute atomic E-state index is 0.309. The highest BCUT2D eigenvalue weighted by molar-refractivity contribution is 5.94. The lowest BCUT2D eigenvalue weighted by Gasteiger charge is -2.12. The number of aromatic nitrogens is 3. The Hall–Kier alpha value is -3.32. The molecule has 0 spiro atoms. The Kier molecular flexibility index (Phi) is 5.81. The Morgan fingerprint density at radius 3 is 2.58 bits per heavy atom. The molecule has 1 saturated heterocycles. The fraction of sp³-hybridized carbons (Fsp3) is 0.385. The lowest BCUT2D eigenvalue weighted by molar-refractivity contribution is 0.355. The van der Waals surface area contributed by atoms with Gasteiger partial charge in [-0.15, -0.1) is 10.2 Å². The average molecular weight is 447 g/mol. The molecule has 1 atom stereocenters. The number of H-pyrrole nitrogens is 1. The molecule has 4 aromatic rings. The van der Waals surface area contributed by atoms with Gasteiger partial charge in [0.05, 0.1) is 19.9 Å². The number of ether oxygens (including phenoxy) is 2. The van der Waals surface area contributed by atoms with Gasteiger partial charge < -0.3 is 24.2 Å². The first-order valence-electron chi connectivity index (χ1n) is 11.5. The van der Waals surface area contributed by atoms with Crippen molar-refractivity contribution in [3.8, 4) is 34.2 Å². The smallest absolute Gasteiger partial charge is 0.247 e. The predicted octanol–water partition coefficient (Wildman–Crippen LogP) is 5.32. The minimum Gasteiger partial charge on any atom is -0.493 e. The maximum atomic E-state index is 6.03. The predicted molar refractivity (Wildman–Crippen MR) is 129 cm³/mol. The van der Waals surface area contributed by atoms with Gasteiger partial charge in [-0.25, -0.2) is 0 Å². The molecule has 7 heteroatoms. The van der Waals surface area contributed by atoms with Crippen molar-refractivity contribution in [1.82, 2.24) is 20.5 Å². The summed E-state index contributed by atoms with van der Waals surface area (Å²) in [5.74, 6) is 2.98. The first-order valence-corrected chi connectivity index (χ1v) is 11.5. The Bertz CT molecular complexity index is 1270. The summed E-state index contributed by atoms with van der Waals surface area (Å²) in [5, 5.41) is 13.3. The van der Waals surface area contributed by atoms with Gasteiger partial charge in [0.25, 0.3) is 0 Å².